The zero-order valence-electron chi connectivity index (χ0n) is 21.4. The second-order valence-electron chi connectivity index (χ2n) is 9.99. The van der Waals surface area contributed by atoms with Gasteiger partial charge in [0, 0.05) is 22.9 Å². The summed E-state index contributed by atoms with van der Waals surface area (Å²) in [7, 11) is 0. The minimum atomic E-state index is -2.34. The zero-order valence-corrected chi connectivity index (χ0v) is 23.7. The van der Waals surface area contributed by atoms with Gasteiger partial charge in [0.2, 0.25) is 0 Å². The van der Waals surface area contributed by atoms with Crippen molar-refractivity contribution < 1.29 is 29.3 Å². The lowest BCUT2D eigenvalue weighted by atomic mass is 9.82. The quantitative estimate of drug-likeness (QED) is 0.194. The Kier molecular flexibility index (Phi) is 7.65. The van der Waals surface area contributed by atoms with Crippen molar-refractivity contribution in [2.45, 2.75) is 44.3 Å². The molecule has 0 aliphatic carbocycles. The molecule has 0 radical (unpaired) electrons. The smallest absolute Gasteiger partial charge is 0.197 e. The molecule has 1 aromatic heterocycles. The summed E-state index contributed by atoms with van der Waals surface area (Å²) in [4.78, 5) is 39.1. The van der Waals surface area contributed by atoms with Crippen molar-refractivity contribution in [2.75, 3.05) is 0 Å². The van der Waals surface area contributed by atoms with Gasteiger partial charge >= 0.3 is 0 Å². The molecule has 0 bridgehead atoms. The highest BCUT2D eigenvalue weighted by molar-refractivity contribution is 6.43. The Morgan fingerprint density at radius 1 is 0.975 bits per heavy atom. The first-order valence-electron chi connectivity index (χ1n) is 12.4. The summed E-state index contributed by atoms with van der Waals surface area (Å²) in [5.41, 5.74) is 0.292. The van der Waals surface area contributed by atoms with E-state index in [0.29, 0.717) is 17.2 Å². The van der Waals surface area contributed by atoms with Crippen LogP contribution in [0.25, 0.3) is 10.9 Å². The first-order chi connectivity index (χ1) is 19.0. The molecule has 3 aromatic carbocycles. The number of aromatic nitrogens is 1. The Morgan fingerprint density at radius 2 is 1.52 bits per heavy atom. The van der Waals surface area contributed by atoms with E-state index in [2.05, 4.69) is 0 Å². The van der Waals surface area contributed by atoms with E-state index in [-0.39, 0.29) is 38.3 Å². The summed E-state index contributed by atoms with van der Waals surface area (Å²) in [6.07, 6.45) is -4.57. The van der Waals surface area contributed by atoms with Crippen molar-refractivity contribution in [1.82, 2.24) is 4.57 Å². The molecule has 4 atom stereocenters. The number of rotatable bonds is 7. The third kappa shape index (κ3) is 4.77. The molecule has 1 aliphatic heterocycles. The van der Waals surface area contributed by atoms with Gasteiger partial charge in [0.05, 0.1) is 21.1 Å². The lowest BCUT2D eigenvalue weighted by Gasteiger charge is -2.29. The van der Waals surface area contributed by atoms with Crippen molar-refractivity contribution in [3.63, 3.8) is 0 Å². The van der Waals surface area contributed by atoms with Gasteiger partial charge < -0.3 is 19.5 Å². The highest BCUT2D eigenvalue weighted by Crippen LogP contribution is 2.46. The van der Waals surface area contributed by atoms with E-state index in [4.69, 9.17) is 39.5 Å². The van der Waals surface area contributed by atoms with E-state index in [9.17, 15) is 24.6 Å². The number of carbonyl (C=O) groups excluding carboxylic acids is 3. The van der Waals surface area contributed by atoms with Crippen molar-refractivity contribution in [3.05, 3.63) is 104 Å². The van der Waals surface area contributed by atoms with Crippen LogP contribution in [0.2, 0.25) is 15.2 Å². The molecule has 0 spiro atoms. The van der Waals surface area contributed by atoms with Crippen LogP contribution in [-0.4, -0.2) is 50.4 Å². The molecule has 1 unspecified atom stereocenters. The molecule has 1 aliphatic rings. The Labute approximate surface area is 244 Å². The Morgan fingerprint density at radius 3 is 2.10 bits per heavy atom. The zero-order chi connectivity index (χ0) is 28.9. The second-order valence-corrected chi connectivity index (χ2v) is 11.2. The van der Waals surface area contributed by atoms with Crippen molar-refractivity contribution in [2.24, 2.45) is 0 Å². The van der Waals surface area contributed by atoms with Crippen LogP contribution in [0.15, 0.2) is 60.7 Å². The van der Waals surface area contributed by atoms with Gasteiger partial charge in [-0.05, 0) is 26.0 Å². The molecule has 0 saturated carbocycles. The van der Waals surface area contributed by atoms with Crippen LogP contribution in [0, 0.1) is 13.8 Å². The standard InChI is InChI=1S/C30H24Cl3NO6/c1-15-3-7-17(8-4-15)25(36)26(37)28-30(39,27(38)18-9-5-16(2)6-10-18)13-24(40-28)34-23-12-22(32)21(31)11-19(23)20(14-35)29(34)33/h3-12,14,24,26,28,37,39H,13H2,1-2H3/t24-,26?,28-,30-/m1/s1. The Hall–Kier alpha value is -3.04. The number of carbonyl (C=O) groups is 3. The summed E-state index contributed by atoms with van der Waals surface area (Å²) >= 11 is 19.1. The third-order valence-electron chi connectivity index (χ3n) is 7.29. The van der Waals surface area contributed by atoms with Crippen molar-refractivity contribution in [1.29, 1.82) is 0 Å². The number of hydrogen-bond donors (Lipinski definition) is 2. The van der Waals surface area contributed by atoms with E-state index in [1.54, 1.807) is 48.5 Å². The maximum atomic E-state index is 13.8. The van der Waals surface area contributed by atoms with Gasteiger partial charge in [-0.25, -0.2) is 0 Å². The summed E-state index contributed by atoms with van der Waals surface area (Å²) in [5, 5.41) is 23.9. The van der Waals surface area contributed by atoms with E-state index < -0.39 is 35.6 Å². The Balaban J connectivity index is 1.63. The highest BCUT2D eigenvalue weighted by atomic mass is 35.5. The summed E-state index contributed by atoms with van der Waals surface area (Å²) in [5.74, 6) is -1.47. The fourth-order valence-corrected chi connectivity index (χ4v) is 5.76. The molecule has 5 rings (SSSR count). The number of Topliss-reactive ketones (excluding diaryl/α,β-unsaturated/α-hetero) is 2. The molecule has 7 nitrogen and oxygen atoms in total. The largest absolute Gasteiger partial charge is 0.382 e. The van der Waals surface area contributed by atoms with Crippen LogP contribution < -0.4 is 0 Å². The van der Waals surface area contributed by atoms with Crippen LogP contribution in [0.1, 0.15) is 54.8 Å². The first-order valence-corrected chi connectivity index (χ1v) is 13.5. The molecule has 4 aromatic rings. The van der Waals surface area contributed by atoms with Gasteiger partial charge in [0.25, 0.3) is 0 Å². The minimum Gasteiger partial charge on any atom is -0.382 e. The van der Waals surface area contributed by atoms with Gasteiger partial charge in [0.1, 0.15) is 23.6 Å². The molecule has 40 heavy (non-hydrogen) atoms. The fraction of sp³-hybridized carbons (Fsp3) is 0.233. The van der Waals surface area contributed by atoms with Crippen LogP contribution in [-0.2, 0) is 4.74 Å². The fourth-order valence-electron chi connectivity index (χ4n) is 5.09. The number of benzene rings is 3. The van der Waals surface area contributed by atoms with Crippen molar-refractivity contribution >= 4 is 63.6 Å². The van der Waals surface area contributed by atoms with Crippen LogP contribution in [0.3, 0.4) is 0 Å². The predicted octanol–water partition coefficient (Wildman–Crippen LogP) is 6.18. The van der Waals surface area contributed by atoms with Crippen LogP contribution in [0.4, 0.5) is 0 Å². The van der Waals surface area contributed by atoms with Crippen molar-refractivity contribution in [3.8, 4) is 0 Å². The van der Waals surface area contributed by atoms with Gasteiger partial charge in [-0.15, -0.1) is 0 Å². The molecule has 0 amide bonds. The molecular formula is C30H24Cl3NO6. The average Bonchev–Trinajstić information content (AvgIpc) is 3.42. The van der Waals surface area contributed by atoms with E-state index >= 15 is 0 Å². The highest BCUT2D eigenvalue weighted by Gasteiger charge is 2.58. The molecule has 1 fully saturated rings. The third-order valence-corrected chi connectivity index (χ3v) is 8.39. The molecular weight excluding hydrogens is 577 g/mol. The van der Waals surface area contributed by atoms with Gasteiger partial charge in [-0.2, -0.15) is 0 Å². The van der Waals surface area contributed by atoms with E-state index in [1.165, 1.54) is 16.7 Å². The lowest BCUT2D eigenvalue weighted by molar-refractivity contribution is -0.0900. The molecule has 2 N–H and O–H groups in total. The molecule has 10 heteroatoms. The normalized spacial score (nSPS) is 21.5. The number of ether oxygens (including phenoxy) is 1. The minimum absolute atomic E-state index is 0.0431. The number of fused-ring (bicyclic) bond motifs is 1. The van der Waals surface area contributed by atoms with E-state index in [0.717, 1.165) is 11.1 Å². The maximum Gasteiger partial charge on any atom is 0.197 e. The maximum absolute atomic E-state index is 13.8. The van der Waals surface area contributed by atoms with Crippen LogP contribution in [0.5, 0.6) is 0 Å². The van der Waals surface area contributed by atoms with Crippen LogP contribution >= 0.6 is 34.8 Å². The molecule has 2 heterocycles. The number of aldehydes is 1. The van der Waals surface area contributed by atoms with Gasteiger partial charge in [0.15, 0.2) is 23.5 Å². The SMILES string of the molecule is Cc1ccc(C(=O)C(O)[C@H]2O[C@@H](n3c(Cl)c(C=O)c4cc(Cl)c(Cl)cc43)C[C@@]2(O)C(=O)c2ccc(C)cc2)cc1. The molecule has 206 valence electrons. The lowest BCUT2D eigenvalue weighted by Crippen LogP contribution is -2.53. The molecule has 1 saturated heterocycles. The Bertz CT molecular complexity index is 1650. The topological polar surface area (TPSA) is 106 Å². The number of hydrogen-bond acceptors (Lipinski definition) is 6. The monoisotopic (exact) mass is 599 g/mol. The predicted molar refractivity (Wildman–Crippen MR) is 153 cm³/mol. The number of halogens is 3. The second kappa shape index (κ2) is 10.7. The summed E-state index contributed by atoms with van der Waals surface area (Å²) in [6, 6.07) is 16.0. The first kappa shape index (κ1) is 28.5. The van der Waals surface area contributed by atoms with Gasteiger partial charge in [-0.3, -0.25) is 14.4 Å². The summed E-state index contributed by atoms with van der Waals surface area (Å²) < 4.78 is 7.52. The number of aryl methyl sites for hydroxylation is 2. The van der Waals surface area contributed by atoms with Gasteiger partial charge in [-0.1, -0.05) is 94.5 Å². The number of aliphatic hydroxyl groups excluding tert-OH is 1. The van der Waals surface area contributed by atoms with E-state index in [1.807, 2.05) is 13.8 Å². The number of aliphatic hydroxyl groups is 2. The average molecular weight is 601 g/mol. The number of nitrogens with zero attached hydrogens (tertiary/aromatic N) is 1. The summed E-state index contributed by atoms with van der Waals surface area (Å²) in [6.45, 7) is 3.71. The number of ketones is 2.